The van der Waals surface area contributed by atoms with Crippen molar-refractivity contribution in [2.24, 2.45) is 5.92 Å². The van der Waals surface area contributed by atoms with Crippen molar-refractivity contribution in [3.8, 4) is 0 Å². The molecule has 8 heteroatoms. The molecule has 0 aromatic carbocycles. The maximum absolute atomic E-state index is 12.9. The molecule has 1 atom stereocenters. The fourth-order valence-corrected chi connectivity index (χ4v) is 6.81. The molecule has 0 aliphatic heterocycles. The minimum absolute atomic E-state index is 0.159. The van der Waals surface area contributed by atoms with Crippen LogP contribution in [0.5, 0.6) is 0 Å². The Morgan fingerprint density at radius 2 is 1.45 bits per heavy atom. The van der Waals surface area contributed by atoms with Crippen LogP contribution in [-0.4, -0.2) is 32.6 Å². The standard InChI is InChI=1S/C14H28O6P2/c1-5-17-21(15,18-6-2)12-13-10-9-11-14(13)22(16,19-7-3)20-8-4/h11,13H,5-10,12H2,1-4H3. The highest BCUT2D eigenvalue weighted by atomic mass is 31.2. The molecule has 6 nitrogen and oxygen atoms in total. The van der Waals surface area contributed by atoms with Crippen LogP contribution < -0.4 is 0 Å². The van der Waals surface area contributed by atoms with Crippen LogP contribution in [0, 0.1) is 5.92 Å². The van der Waals surface area contributed by atoms with Gasteiger partial charge in [-0.15, -0.1) is 0 Å². The summed E-state index contributed by atoms with van der Waals surface area (Å²) in [7, 11) is -6.50. The van der Waals surface area contributed by atoms with Gasteiger partial charge in [0.05, 0.1) is 32.6 Å². The summed E-state index contributed by atoms with van der Waals surface area (Å²) >= 11 is 0. The molecular formula is C14H28O6P2. The van der Waals surface area contributed by atoms with Crippen molar-refractivity contribution < 1.29 is 27.2 Å². The van der Waals surface area contributed by atoms with Crippen LogP contribution in [0.4, 0.5) is 0 Å². The fraction of sp³-hybridized carbons (Fsp3) is 0.857. The van der Waals surface area contributed by atoms with Gasteiger partial charge in [0.15, 0.2) is 0 Å². The summed E-state index contributed by atoms with van der Waals surface area (Å²) in [5, 5.41) is 0.621. The average molecular weight is 354 g/mol. The second-order valence-electron chi connectivity index (χ2n) is 4.87. The SMILES string of the molecule is CCOP(=O)(CC1CCC=C1P(=O)(OCC)OCC)OCC. The lowest BCUT2D eigenvalue weighted by Gasteiger charge is -2.26. The molecule has 1 unspecified atom stereocenters. The van der Waals surface area contributed by atoms with E-state index < -0.39 is 15.2 Å². The molecule has 0 fully saturated rings. The first-order valence-corrected chi connectivity index (χ1v) is 11.2. The van der Waals surface area contributed by atoms with Crippen LogP contribution in [0.2, 0.25) is 0 Å². The number of hydrogen-bond donors (Lipinski definition) is 0. The van der Waals surface area contributed by atoms with Crippen LogP contribution in [0.1, 0.15) is 40.5 Å². The Kier molecular flexibility index (Phi) is 8.55. The molecule has 0 aromatic rings. The number of hydrogen-bond acceptors (Lipinski definition) is 6. The van der Waals surface area contributed by atoms with Gasteiger partial charge in [-0.3, -0.25) is 9.13 Å². The van der Waals surface area contributed by atoms with Crippen molar-refractivity contribution in [3.63, 3.8) is 0 Å². The highest BCUT2D eigenvalue weighted by molar-refractivity contribution is 7.58. The molecule has 0 aromatic heterocycles. The maximum atomic E-state index is 12.9. The van der Waals surface area contributed by atoms with Crippen LogP contribution in [-0.2, 0) is 27.2 Å². The molecule has 0 heterocycles. The molecule has 0 saturated heterocycles. The van der Waals surface area contributed by atoms with E-state index in [9.17, 15) is 9.13 Å². The Morgan fingerprint density at radius 1 is 0.955 bits per heavy atom. The minimum Gasteiger partial charge on any atom is -0.309 e. The zero-order valence-electron chi connectivity index (χ0n) is 13.9. The van der Waals surface area contributed by atoms with Crippen molar-refractivity contribution in [2.45, 2.75) is 40.5 Å². The Balaban J connectivity index is 2.93. The molecule has 1 aliphatic carbocycles. The van der Waals surface area contributed by atoms with Gasteiger partial charge in [0, 0.05) is 11.2 Å². The molecular weight excluding hydrogens is 326 g/mol. The van der Waals surface area contributed by atoms with E-state index in [-0.39, 0.29) is 12.1 Å². The predicted octanol–water partition coefficient (Wildman–Crippen LogP) is 4.81. The molecule has 1 rings (SSSR count). The quantitative estimate of drug-likeness (QED) is 0.496. The van der Waals surface area contributed by atoms with E-state index in [2.05, 4.69) is 0 Å². The normalized spacial score (nSPS) is 19.5. The average Bonchev–Trinajstić information content (AvgIpc) is 2.88. The van der Waals surface area contributed by atoms with E-state index >= 15 is 0 Å². The van der Waals surface area contributed by atoms with Crippen LogP contribution in [0.3, 0.4) is 0 Å². The second-order valence-corrected chi connectivity index (χ2v) is 9.00. The first-order valence-electron chi connectivity index (χ1n) is 7.92. The van der Waals surface area contributed by atoms with Crippen LogP contribution >= 0.6 is 15.2 Å². The predicted molar refractivity (Wildman–Crippen MR) is 87.4 cm³/mol. The van der Waals surface area contributed by atoms with Gasteiger partial charge in [-0.1, -0.05) is 6.08 Å². The van der Waals surface area contributed by atoms with Crippen molar-refractivity contribution in [3.05, 3.63) is 11.4 Å². The zero-order valence-corrected chi connectivity index (χ0v) is 15.7. The lowest BCUT2D eigenvalue weighted by molar-refractivity contribution is 0.215. The van der Waals surface area contributed by atoms with Gasteiger partial charge in [0.25, 0.3) is 0 Å². The summed E-state index contributed by atoms with van der Waals surface area (Å²) in [6.07, 6.45) is 3.62. The van der Waals surface area contributed by atoms with Gasteiger partial charge < -0.3 is 18.1 Å². The third-order valence-corrected chi connectivity index (χ3v) is 7.86. The molecule has 0 radical (unpaired) electrons. The monoisotopic (exact) mass is 354 g/mol. The van der Waals surface area contributed by atoms with Gasteiger partial charge in [0.1, 0.15) is 0 Å². The fourth-order valence-electron chi connectivity index (χ4n) is 2.60. The topological polar surface area (TPSA) is 71.1 Å². The van der Waals surface area contributed by atoms with Gasteiger partial charge in [-0.05, 0) is 40.5 Å². The van der Waals surface area contributed by atoms with E-state index in [0.717, 1.165) is 12.8 Å². The molecule has 1 aliphatic rings. The lowest BCUT2D eigenvalue weighted by Crippen LogP contribution is -2.12. The molecule has 0 N–H and O–H groups in total. The summed E-state index contributed by atoms with van der Waals surface area (Å²) in [5.74, 6) is -0.159. The first-order chi connectivity index (χ1) is 10.4. The van der Waals surface area contributed by atoms with Crippen molar-refractivity contribution in [1.82, 2.24) is 0 Å². The van der Waals surface area contributed by atoms with Crippen LogP contribution in [0.25, 0.3) is 0 Å². The van der Waals surface area contributed by atoms with E-state index in [1.54, 1.807) is 27.7 Å². The molecule has 22 heavy (non-hydrogen) atoms. The Bertz CT molecular complexity index is 442. The Morgan fingerprint density at radius 3 is 1.91 bits per heavy atom. The number of allylic oxidation sites excluding steroid dienone is 2. The summed E-state index contributed by atoms with van der Waals surface area (Å²) in [6, 6.07) is 0. The van der Waals surface area contributed by atoms with Gasteiger partial charge in [-0.2, -0.15) is 0 Å². The van der Waals surface area contributed by atoms with Crippen LogP contribution in [0.15, 0.2) is 11.4 Å². The Hall–Kier alpha value is 0.0400. The van der Waals surface area contributed by atoms with E-state index in [4.69, 9.17) is 18.1 Å². The summed E-state index contributed by atoms with van der Waals surface area (Å²) in [4.78, 5) is 0. The third-order valence-electron chi connectivity index (χ3n) is 3.30. The van der Waals surface area contributed by atoms with Gasteiger partial charge in [-0.25, -0.2) is 0 Å². The smallest absolute Gasteiger partial charge is 0.309 e. The molecule has 0 amide bonds. The molecule has 0 bridgehead atoms. The lowest BCUT2D eigenvalue weighted by atomic mass is 10.2. The van der Waals surface area contributed by atoms with Crippen molar-refractivity contribution in [1.29, 1.82) is 0 Å². The molecule has 130 valence electrons. The van der Waals surface area contributed by atoms with Gasteiger partial charge in [0.2, 0.25) is 0 Å². The van der Waals surface area contributed by atoms with Crippen molar-refractivity contribution >= 4 is 15.2 Å². The third kappa shape index (κ3) is 5.30. The summed E-state index contributed by atoms with van der Waals surface area (Å²) in [5.41, 5.74) is 0. The van der Waals surface area contributed by atoms with Gasteiger partial charge >= 0.3 is 15.2 Å². The van der Waals surface area contributed by atoms with E-state index in [1.807, 2.05) is 6.08 Å². The first kappa shape index (κ1) is 20.1. The van der Waals surface area contributed by atoms with E-state index in [0.29, 0.717) is 31.7 Å². The second kappa shape index (κ2) is 9.36. The largest absolute Gasteiger partial charge is 0.357 e. The highest BCUT2D eigenvalue weighted by Gasteiger charge is 2.41. The zero-order chi connectivity index (χ0) is 16.6. The molecule has 0 spiro atoms. The Labute approximate surface area is 133 Å². The van der Waals surface area contributed by atoms with E-state index in [1.165, 1.54) is 0 Å². The molecule has 0 saturated carbocycles. The highest BCUT2D eigenvalue weighted by Crippen LogP contribution is 2.64. The number of rotatable bonds is 11. The summed E-state index contributed by atoms with van der Waals surface area (Å²) < 4.78 is 47.2. The summed E-state index contributed by atoms with van der Waals surface area (Å²) in [6.45, 7) is 8.36. The van der Waals surface area contributed by atoms with Crippen molar-refractivity contribution in [2.75, 3.05) is 32.6 Å². The minimum atomic E-state index is -3.32. The maximum Gasteiger partial charge on any atom is 0.357 e.